The first-order chi connectivity index (χ1) is 14.1. The van der Waals surface area contributed by atoms with Crippen LogP contribution in [0.1, 0.15) is 22.3 Å². The van der Waals surface area contributed by atoms with Gasteiger partial charge in [-0.05, 0) is 36.8 Å². The number of benzene rings is 2. The van der Waals surface area contributed by atoms with Gasteiger partial charge in [-0.2, -0.15) is 0 Å². The third-order valence-corrected chi connectivity index (χ3v) is 6.88. The molecule has 30 heavy (non-hydrogen) atoms. The normalized spacial score (nSPS) is 19.3. The van der Waals surface area contributed by atoms with Crippen molar-refractivity contribution in [3.8, 4) is 0 Å². The van der Waals surface area contributed by atoms with Gasteiger partial charge in [0.1, 0.15) is 5.54 Å². The van der Waals surface area contributed by atoms with E-state index in [4.69, 9.17) is 5.14 Å². The van der Waals surface area contributed by atoms with Gasteiger partial charge in [0.05, 0.1) is 21.7 Å². The van der Waals surface area contributed by atoms with Gasteiger partial charge in [0.2, 0.25) is 15.8 Å². The summed E-state index contributed by atoms with van der Waals surface area (Å²) in [5.41, 5.74) is -0.409. The van der Waals surface area contributed by atoms with Gasteiger partial charge >= 0.3 is 6.03 Å². The summed E-state index contributed by atoms with van der Waals surface area (Å²) in [5.74, 6) is -1.07. The van der Waals surface area contributed by atoms with Gasteiger partial charge in [0.15, 0.2) is 5.01 Å². The maximum atomic E-state index is 13.0. The van der Waals surface area contributed by atoms with Crippen molar-refractivity contribution in [2.24, 2.45) is 5.14 Å². The van der Waals surface area contributed by atoms with E-state index in [1.54, 1.807) is 12.1 Å². The van der Waals surface area contributed by atoms with E-state index in [9.17, 15) is 22.8 Å². The van der Waals surface area contributed by atoms with Crippen molar-refractivity contribution in [3.63, 3.8) is 0 Å². The van der Waals surface area contributed by atoms with Crippen LogP contribution in [0.15, 0.2) is 53.4 Å². The number of aromatic nitrogens is 1. The molecule has 1 aromatic heterocycles. The highest BCUT2D eigenvalue weighted by Crippen LogP contribution is 2.30. The number of nitrogens with two attached hydrogens (primary N) is 1. The standard InChI is InChI=1S/C19H16N4O5S2/c1-19(11-6-8-12(9-7-11)30(20,27)28)17(25)23(18(26)22-19)10-14(24)16-21-13-4-2-3-5-15(13)29-16/h2-9H,10H2,1H3,(H,22,26)(H2,20,27,28). The highest BCUT2D eigenvalue weighted by molar-refractivity contribution is 7.89. The number of nitrogens with zero attached hydrogens (tertiary/aromatic N) is 2. The number of thiazole rings is 1. The van der Waals surface area contributed by atoms with Crippen LogP contribution in [0.3, 0.4) is 0 Å². The van der Waals surface area contributed by atoms with Gasteiger partial charge in [-0.15, -0.1) is 11.3 Å². The minimum atomic E-state index is -3.89. The van der Waals surface area contributed by atoms with Crippen LogP contribution < -0.4 is 10.5 Å². The molecular weight excluding hydrogens is 428 g/mol. The summed E-state index contributed by atoms with van der Waals surface area (Å²) >= 11 is 1.19. The number of nitrogens with one attached hydrogen (secondary N) is 1. The van der Waals surface area contributed by atoms with Gasteiger partial charge in [-0.1, -0.05) is 24.3 Å². The number of urea groups is 1. The fraction of sp³-hybridized carbons (Fsp3) is 0.158. The highest BCUT2D eigenvalue weighted by Gasteiger charge is 2.49. The molecule has 9 nitrogen and oxygen atoms in total. The molecule has 3 amide bonds. The van der Waals surface area contributed by atoms with Gasteiger partial charge in [0.25, 0.3) is 5.91 Å². The van der Waals surface area contributed by atoms with Crippen LogP contribution in [0, 0.1) is 0 Å². The maximum Gasteiger partial charge on any atom is 0.325 e. The Morgan fingerprint density at radius 3 is 2.47 bits per heavy atom. The SMILES string of the molecule is CC1(c2ccc(S(N)(=O)=O)cc2)NC(=O)N(CC(=O)c2nc3ccccc3s2)C1=O. The molecule has 4 rings (SSSR count). The van der Waals surface area contributed by atoms with E-state index in [0.717, 1.165) is 9.60 Å². The van der Waals surface area contributed by atoms with Crippen LogP contribution in [-0.4, -0.2) is 42.6 Å². The molecule has 3 aromatic rings. The molecule has 1 unspecified atom stereocenters. The van der Waals surface area contributed by atoms with Crippen LogP contribution in [-0.2, 0) is 20.4 Å². The molecule has 0 radical (unpaired) electrons. The van der Waals surface area contributed by atoms with Crippen LogP contribution >= 0.6 is 11.3 Å². The van der Waals surface area contributed by atoms with Gasteiger partial charge < -0.3 is 5.32 Å². The van der Waals surface area contributed by atoms with Crippen molar-refractivity contribution < 1.29 is 22.8 Å². The van der Waals surface area contributed by atoms with E-state index in [1.807, 2.05) is 12.1 Å². The molecule has 0 spiro atoms. The molecule has 0 saturated carbocycles. The summed E-state index contributed by atoms with van der Waals surface area (Å²) in [4.78, 5) is 43.1. The summed E-state index contributed by atoms with van der Waals surface area (Å²) in [5, 5.41) is 7.87. The molecule has 2 aromatic carbocycles. The molecule has 154 valence electrons. The zero-order valence-corrected chi connectivity index (χ0v) is 17.3. The molecule has 0 bridgehead atoms. The maximum absolute atomic E-state index is 13.0. The third kappa shape index (κ3) is 3.36. The molecule has 3 N–H and O–H groups in total. The Hall–Kier alpha value is -3.15. The average Bonchev–Trinajstić information content (AvgIpc) is 3.23. The number of amides is 3. The van der Waals surface area contributed by atoms with E-state index < -0.39 is 39.8 Å². The Kier molecular flexibility index (Phi) is 4.68. The second kappa shape index (κ2) is 6.97. The Morgan fingerprint density at radius 1 is 1.17 bits per heavy atom. The second-order valence-corrected chi connectivity index (χ2v) is 9.52. The first kappa shape index (κ1) is 20.1. The number of sulfonamides is 1. The van der Waals surface area contributed by atoms with Crippen molar-refractivity contribution in [1.29, 1.82) is 0 Å². The predicted octanol–water partition coefficient (Wildman–Crippen LogP) is 1.59. The average molecular weight is 444 g/mol. The molecule has 1 aliphatic rings. The van der Waals surface area contributed by atoms with E-state index in [2.05, 4.69) is 10.3 Å². The number of hydrogen-bond acceptors (Lipinski definition) is 7. The van der Waals surface area contributed by atoms with Crippen molar-refractivity contribution in [1.82, 2.24) is 15.2 Å². The number of primary sulfonamides is 1. The first-order valence-corrected chi connectivity index (χ1v) is 11.1. The largest absolute Gasteiger partial charge is 0.325 e. The number of ketones is 1. The lowest BCUT2D eigenvalue weighted by atomic mass is 9.92. The lowest BCUT2D eigenvalue weighted by Gasteiger charge is -2.22. The lowest BCUT2D eigenvalue weighted by molar-refractivity contribution is -0.130. The molecular formula is C19H16N4O5S2. The third-order valence-electron chi connectivity index (χ3n) is 4.87. The number of imide groups is 1. The smallest absolute Gasteiger partial charge is 0.319 e. The van der Waals surface area contributed by atoms with Gasteiger partial charge in [-0.3, -0.25) is 14.5 Å². The van der Waals surface area contributed by atoms with Crippen LogP contribution in [0.4, 0.5) is 4.79 Å². The zero-order valence-electron chi connectivity index (χ0n) is 15.7. The molecule has 2 heterocycles. The van der Waals surface area contributed by atoms with E-state index in [1.165, 1.54) is 42.5 Å². The predicted molar refractivity (Wildman–Crippen MR) is 109 cm³/mol. The summed E-state index contributed by atoms with van der Waals surface area (Å²) in [6.45, 7) is 1.04. The number of para-hydroxylation sites is 1. The molecule has 1 aliphatic heterocycles. The minimum absolute atomic E-state index is 0.116. The Morgan fingerprint density at radius 2 is 1.83 bits per heavy atom. The molecule has 11 heteroatoms. The zero-order chi connectivity index (χ0) is 21.7. The number of fused-ring (bicyclic) bond motifs is 1. The highest BCUT2D eigenvalue weighted by atomic mass is 32.2. The number of Topliss-reactive ketones (excluding diaryl/α,β-unsaturated/α-hetero) is 1. The summed E-state index contributed by atoms with van der Waals surface area (Å²) in [6.07, 6.45) is 0. The summed E-state index contributed by atoms with van der Waals surface area (Å²) in [7, 11) is -3.89. The van der Waals surface area contributed by atoms with Crippen molar-refractivity contribution in [2.75, 3.05) is 6.54 Å². The van der Waals surface area contributed by atoms with Crippen molar-refractivity contribution in [2.45, 2.75) is 17.4 Å². The van der Waals surface area contributed by atoms with E-state index in [0.29, 0.717) is 11.1 Å². The first-order valence-electron chi connectivity index (χ1n) is 8.76. The van der Waals surface area contributed by atoms with Crippen LogP contribution in [0.5, 0.6) is 0 Å². The quantitative estimate of drug-likeness (QED) is 0.452. The molecule has 1 atom stereocenters. The van der Waals surface area contributed by atoms with Gasteiger partial charge in [-0.25, -0.2) is 23.3 Å². The fourth-order valence-corrected chi connectivity index (χ4v) is 4.63. The Balaban J connectivity index is 1.58. The minimum Gasteiger partial charge on any atom is -0.319 e. The lowest BCUT2D eigenvalue weighted by Crippen LogP contribution is -2.41. The second-order valence-electron chi connectivity index (χ2n) is 6.93. The molecule has 0 aliphatic carbocycles. The number of rotatable bonds is 5. The number of carbonyl (C=O) groups excluding carboxylic acids is 3. The monoisotopic (exact) mass is 444 g/mol. The molecule has 1 fully saturated rings. The van der Waals surface area contributed by atoms with Crippen molar-refractivity contribution in [3.05, 3.63) is 59.1 Å². The Labute approximate surface area is 175 Å². The van der Waals surface area contributed by atoms with Crippen molar-refractivity contribution >= 4 is 49.3 Å². The van der Waals surface area contributed by atoms with E-state index in [-0.39, 0.29) is 9.90 Å². The summed E-state index contributed by atoms with van der Waals surface area (Å²) in [6, 6.07) is 11.8. The Bertz CT molecular complexity index is 1270. The number of hydrogen-bond donors (Lipinski definition) is 2. The van der Waals surface area contributed by atoms with Crippen LogP contribution in [0.2, 0.25) is 0 Å². The molecule has 1 saturated heterocycles. The van der Waals surface area contributed by atoms with E-state index >= 15 is 0 Å². The topological polar surface area (TPSA) is 140 Å². The van der Waals surface area contributed by atoms with Gasteiger partial charge in [0, 0.05) is 0 Å². The fourth-order valence-electron chi connectivity index (χ4n) is 3.22. The summed E-state index contributed by atoms with van der Waals surface area (Å²) < 4.78 is 23.7. The van der Waals surface area contributed by atoms with Crippen LogP contribution in [0.25, 0.3) is 10.2 Å². The number of carbonyl (C=O) groups is 3.